The zero-order chi connectivity index (χ0) is 12.4. The van der Waals surface area contributed by atoms with E-state index in [9.17, 15) is 0 Å². The summed E-state index contributed by atoms with van der Waals surface area (Å²) in [5, 5.41) is 7.51. The van der Waals surface area contributed by atoms with E-state index in [1.165, 1.54) is 11.1 Å². The van der Waals surface area contributed by atoms with Crippen molar-refractivity contribution in [1.82, 2.24) is 19.6 Å². The van der Waals surface area contributed by atoms with Crippen LogP contribution in [0.15, 0.2) is 43.1 Å². The minimum absolute atomic E-state index is 0.728. The predicted octanol–water partition coefficient (Wildman–Crippen LogP) is 2.04. The van der Waals surface area contributed by atoms with Crippen molar-refractivity contribution in [3.8, 4) is 0 Å². The molecule has 0 amide bonds. The lowest BCUT2D eigenvalue weighted by Gasteiger charge is -2.08. The molecule has 3 rings (SSSR count). The summed E-state index contributed by atoms with van der Waals surface area (Å²) in [4.78, 5) is 8.42. The fraction of sp³-hybridized carbons (Fsp3) is 0.154. The van der Waals surface area contributed by atoms with Crippen LogP contribution in [0.4, 0.5) is 5.82 Å². The number of anilines is 1. The molecule has 3 aromatic rings. The Balaban J connectivity index is 1.85. The summed E-state index contributed by atoms with van der Waals surface area (Å²) < 4.78 is 1.80. The van der Waals surface area contributed by atoms with Crippen LogP contribution >= 0.6 is 0 Å². The second kappa shape index (κ2) is 4.44. The molecular weight excluding hydrogens is 226 g/mol. The molecule has 0 radical (unpaired) electrons. The molecule has 0 fully saturated rings. The van der Waals surface area contributed by atoms with E-state index in [-0.39, 0.29) is 0 Å². The van der Waals surface area contributed by atoms with Gasteiger partial charge >= 0.3 is 0 Å². The van der Waals surface area contributed by atoms with Gasteiger partial charge in [0.2, 0.25) is 0 Å². The fourth-order valence-corrected chi connectivity index (χ4v) is 1.87. The molecule has 3 aromatic heterocycles. The highest BCUT2D eigenvalue weighted by Gasteiger charge is 2.03. The van der Waals surface area contributed by atoms with Gasteiger partial charge in [-0.3, -0.25) is 4.98 Å². The number of nitrogens with zero attached hydrogens (tertiary/aromatic N) is 4. The third kappa shape index (κ3) is 1.90. The molecule has 0 saturated heterocycles. The van der Waals surface area contributed by atoms with Gasteiger partial charge in [-0.15, -0.1) is 0 Å². The van der Waals surface area contributed by atoms with Gasteiger partial charge in [0.1, 0.15) is 5.52 Å². The van der Waals surface area contributed by atoms with Crippen LogP contribution in [0.3, 0.4) is 0 Å². The van der Waals surface area contributed by atoms with Gasteiger partial charge in [-0.25, -0.2) is 9.50 Å². The van der Waals surface area contributed by atoms with Crippen molar-refractivity contribution in [2.24, 2.45) is 0 Å². The lowest BCUT2D eigenvalue weighted by atomic mass is 10.1. The van der Waals surface area contributed by atoms with E-state index in [0.717, 1.165) is 17.9 Å². The molecule has 1 N–H and O–H groups in total. The molecule has 0 atom stereocenters. The third-order valence-electron chi connectivity index (χ3n) is 2.91. The van der Waals surface area contributed by atoms with E-state index in [4.69, 9.17) is 0 Å². The standard InChI is InChI=1S/C13H13N5/c1-10-8-14-4-2-11(10)9-16-13-12-3-5-17-18(12)7-6-15-13/h2-8H,9H2,1H3,(H,15,16). The quantitative estimate of drug-likeness (QED) is 0.760. The number of aromatic nitrogens is 4. The van der Waals surface area contributed by atoms with E-state index in [2.05, 4.69) is 27.3 Å². The van der Waals surface area contributed by atoms with Gasteiger partial charge in [0.15, 0.2) is 5.82 Å². The number of aryl methyl sites for hydroxylation is 1. The van der Waals surface area contributed by atoms with Crippen LogP contribution in [0, 0.1) is 6.92 Å². The smallest absolute Gasteiger partial charge is 0.152 e. The summed E-state index contributed by atoms with van der Waals surface area (Å²) in [5.41, 5.74) is 3.36. The summed E-state index contributed by atoms with van der Waals surface area (Å²) in [6, 6.07) is 3.95. The van der Waals surface area contributed by atoms with Crippen molar-refractivity contribution < 1.29 is 0 Å². The molecule has 0 unspecified atom stereocenters. The Morgan fingerprint density at radius 3 is 3.06 bits per heavy atom. The van der Waals surface area contributed by atoms with E-state index in [1.807, 2.05) is 24.5 Å². The van der Waals surface area contributed by atoms with Gasteiger partial charge in [-0.1, -0.05) is 0 Å². The normalized spacial score (nSPS) is 10.7. The maximum atomic E-state index is 4.34. The zero-order valence-corrected chi connectivity index (χ0v) is 10.0. The van der Waals surface area contributed by atoms with E-state index in [0.29, 0.717) is 0 Å². The Bertz CT molecular complexity index is 674. The zero-order valence-electron chi connectivity index (χ0n) is 10.0. The van der Waals surface area contributed by atoms with Crippen molar-refractivity contribution in [2.45, 2.75) is 13.5 Å². The predicted molar refractivity (Wildman–Crippen MR) is 69.3 cm³/mol. The molecule has 3 heterocycles. The van der Waals surface area contributed by atoms with Gasteiger partial charge in [0.25, 0.3) is 0 Å². The first kappa shape index (κ1) is 10.7. The van der Waals surface area contributed by atoms with Crippen LogP contribution in [-0.2, 0) is 6.54 Å². The lowest BCUT2D eigenvalue weighted by Crippen LogP contribution is -2.04. The number of nitrogens with one attached hydrogen (secondary N) is 1. The van der Waals surface area contributed by atoms with Crippen LogP contribution in [0.25, 0.3) is 5.52 Å². The second-order valence-corrected chi connectivity index (χ2v) is 4.09. The van der Waals surface area contributed by atoms with Crippen LogP contribution in [0.1, 0.15) is 11.1 Å². The molecule has 0 spiro atoms. The molecule has 0 aliphatic rings. The molecule has 5 heteroatoms. The maximum Gasteiger partial charge on any atom is 0.152 e. The second-order valence-electron chi connectivity index (χ2n) is 4.09. The molecule has 0 aliphatic heterocycles. The molecule has 0 aromatic carbocycles. The Labute approximate surface area is 105 Å². The fourth-order valence-electron chi connectivity index (χ4n) is 1.87. The highest BCUT2D eigenvalue weighted by molar-refractivity contribution is 5.66. The monoisotopic (exact) mass is 239 g/mol. The SMILES string of the molecule is Cc1cnccc1CNc1nccn2nccc12. The van der Waals surface area contributed by atoms with Gasteiger partial charge < -0.3 is 5.32 Å². The van der Waals surface area contributed by atoms with Crippen molar-refractivity contribution in [2.75, 3.05) is 5.32 Å². The Morgan fingerprint density at radius 2 is 2.17 bits per heavy atom. The van der Waals surface area contributed by atoms with Crippen LogP contribution in [0.5, 0.6) is 0 Å². The summed E-state index contributed by atoms with van der Waals surface area (Å²) in [7, 11) is 0. The number of pyridine rings is 1. The molecule has 0 saturated carbocycles. The van der Waals surface area contributed by atoms with Crippen molar-refractivity contribution >= 4 is 11.3 Å². The maximum absolute atomic E-state index is 4.34. The molecule has 0 bridgehead atoms. The van der Waals surface area contributed by atoms with Gasteiger partial charge in [-0.2, -0.15) is 5.10 Å². The van der Waals surface area contributed by atoms with Crippen LogP contribution in [-0.4, -0.2) is 19.6 Å². The molecule has 0 aliphatic carbocycles. The molecular formula is C13H13N5. The van der Waals surface area contributed by atoms with Crippen molar-refractivity contribution in [3.05, 3.63) is 54.2 Å². The lowest BCUT2D eigenvalue weighted by molar-refractivity contribution is 0.941. The minimum Gasteiger partial charge on any atom is -0.364 e. The first-order valence-corrected chi connectivity index (χ1v) is 5.76. The number of rotatable bonds is 3. The summed E-state index contributed by atoms with van der Waals surface area (Å²) in [6.07, 6.45) is 9.00. The average molecular weight is 239 g/mol. The number of hydrogen-bond donors (Lipinski definition) is 1. The summed E-state index contributed by atoms with van der Waals surface area (Å²) in [5.74, 6) is 0.839. The first-order valence-electron chi connectivity index (χ1n) is 5.76. The summed E-state index contributed by atoms with van der Waals surface area (Å²) >= 11 is 0. The van der Waals surface area contributed by atoms with E-state index < -0.39 is 0 Å². The summed E-state index contributed by atoms with van der Waals surface area (Å²) in [6.45, 7) is 2.78. The van der Waals surface area contributed by atoms with Crippen LogP contribution in [0.2, 0.25) is 0 Å². The topological polar surface area (TPSA) is 55.1 Å². The van der Waals surface area contributed by atoms with E-state index >= 15 is 0 Å². The third-order valence-corrected chi connectivity index (χ3v) is 2.91. The molecule has 5 nitrogen and oxygen atoms in total. The van der Waals surface area contributed by atoms with Gasteiger partial charge in [0, 0.05) is 31.3 Å². The van der Waals surface area contributed by atoms with Crippen molar-refractivity contribution in [1.29, 1.82) is 0 Å². The van der Waals surface area contributed by atoms with Crippen LogP contribution < -0.4 is 5.32 Å². The number of hydrogen-bond acceptors (Lipinski definition) is 4. The van der Waals surface area contributed by atoms with Gasteiger partial charge in [-0.05, 0) is 30.2 Å². The first-order chi connectivity index (χ1) is 8.84. The van der Waals surface area contributed by atoms with Gasteiger partial charge in [0.05, 0.1) is 6.20 Å². The van der Waals surface area contributed by atoms with Crippen molar-refractivity contribution in [3.63, 3.8) is 0 Å². The largest absolute Gasteiger partial charge is 0.364 e. The highest BCUT2D eigenvalue weighted by atomic mass is 15.2. The number of fused-ring (bicyclic) bond motifs is 1. The Morgan fingerprint density at radius 1 is 1.22 bits per heavy atom. The minimum atomic E-state index is 0.728. The molecule has 90 valence electrons. The molecule has 18 heavy (non-hydrogen) atoms. The Hall–Kier alpha value is -2.43. The Kier molecular flexibility index (Phi) is 2.64. The average Bonchev–Trinajstić information content (AvgIpc) is 2.86. The highest BCUT2D eigenvalue weighted by Crippen LogP contribution is 2.14. The van der Waals surface area contributed by atoms with E-state index in [1.54, 1.807) is 23.1 Å².